The lowest BCUT2D eigenvalue weighted by atomic mass is 9.90. The maximum atomic E-state index is 13.3. The average Bonchev–Trinajstić information content (AvgIpc) is 3.14. The highest BCUT2D eigenvalue weighted by Gasteiger charge is 2.59. The number of aryl methyl sites for hydroxylation is 1. The van der Waals surface area contributed by atoms with E-state index in [-0.39, 0.29) is 24.8 Å². The van der Waals surface area contributed by atoms with Crippen LogP contribution in [0.5, 0.6) is 17.2 Å². The van der Waals surface area contributed by atoms with Crippen LogP contribution in [0.1, 0.15) is 27.0 Å². The Kier molecular flexibility index (Phi) is 3.39. The molecule has 0 saturated heterocycles. The highest BCUT2D eigenvalue weighted by atomic mass is 16.5. The van der Waals surface area contributed by atoms with Crippen molar-refractivity contribution < 1.29 is 24.5 Å². The summed E-state index contributed by atoms with van der Waals surface area (Å²) in [4.78, 5) is 14.7. The fourth-order valence-corrected chi connectivity index (χ4v) is 4.57. The third kappa shape index (κ3) is 1.88. The molecule has 2 heterocycles. The minimum absolute atomic E-state index is 0.0320. The molecular weight excluding hydrogens is 358 g/mol. The molecule has 0 fully saturated rings. The Hall–Kier alpha value is -3.25. The van der Waals surface area contributed by atoms with Crippen LogP contribution < -0.4 is 9.47 Å². The van der Waals surface area contributed by atoms with E-state index in [0.29, 0.717) is 28.2 Å². The molecule has 0 radical (unpaired) electrons. The van der Waals surface area contributed by atoms with Crippen LogP contribution in [0.15, 0.2) is 42.5 Å². The molecule has 6 heteroatoms. The number of hydrogen-bond donors (Lipinski definition) is 2. The van der Waals surface area contributed by atoms with E-state index in [9.17, 15) is 15.0 Å². The summed E-state index contributed by atoms with van der Waals surface area (Å²) in [5.74, 6) is 0.844. The first-order valence-electron chi connectivity index (χ1n) is 9.09. The summed E-state index contributed by atoms with van der Waals surface area (Å²) in [7, 11) is 1.54. The Morgan fingerprint density at radius 1 is 1.18 bits per heavy atom. The van der Waals surface area contributed by atoms with E-state index in [2.05, 4.69) is 0 Å². The predicted molar refractivity (Wildman–Crippen MR) is 103 cm³/mol. The van der Waals surface area contributed by atoms with Crippen LogP contribution in [0.3, 0.4) is 0 Å². The molecule has 1 spiro atoms. The number of methoxy groups -OCH3 is 1. The van der Waals surface area contributed by atoms with Gasteiger partial charge < -0.3 is 19.7 Å². The molecule has 1 amide bonds. The summed E-state index contributed by atoms with van der Waals surface area (Å²) in [6, 6.07) is 12.6. The predicted octanol–water partition coefficient (Wildman–Crippen LogP) is 2.90. The molecule has 6 nitrogen and oxygen atoms in total. The summed E-state index contributed by atoms with van der Waals surface area (Å²) < 4.78 is 12.1. The van der Waals surface area contributed by atoms with Gasteiger partial charge in [0.15, 0.2) is 0 Å². The number of fused-ring (bicyclic) bond motifs is 3. The van der Waals surface area contributed by atoms with Crippen LogP contribution in [0, 0.1) is 6.92 Å². The second-order valence-electron chi connectivity index (χ2n) is 7.13. The number of rotatable bonds is 3. The number of nitrogens with zero attached hydrogens (tertiary/aromatic N) is 1. The van der Waals surface area contributed by atoms with Gasteiger partial charge in [-0.3, -0.25) is 9.69 Å². The van der Waals surface area contributed by atoms with E-state index >= 15 is 0 Å². The van der Waals surface area contributed by atoms with Gasteiger partial charge in [0, 0.05) is 11.9 Å². The summed E-state index contributed by atoms with van der Waals surface area (Å²) in [6.07, 6.45) is 0. The Morgan fingerprint density at radius 2 is 2.00 bits per heavy atom. The third-order valence-corrected chi connectivity index (χ3v) is 5.56. The molecule has 5 rings (SSSR count). The largest absolute Gasteiger partial charge is 0.507 e. The van der Waals surface area contributed by atoms with Crippen molar-refractivity contribution >= 4 is 16.7 Å². The molecule has 3 aromatic carbocycles. The number of aromatic hydroxyl groups is 1. The number of carbonyl (C=O) groups excluding carboxylic acids is 1. The minimum atomic E-state index is -1.39. The van der Waals surface area contributed by atoms with Crippen molar-refractivity contribution in [1.82, 2.24) is 4.90 Å². The van der Waals surface area contributed by atoms with Gasteiger partial charge in [-0.25, -0.2) is 0 Å². The van der Waals surface area contributed by atoms with E-state index < -0.39 is 5.72 Å². The van der Waals surface area contributed by atoms with Crippen LogP contribution in [0.4, 0.5) is 0 Å². The first kappa shape index (κ1) is 16.9. The average molecular weight is 377 g/mol. The summed E-state index contributed by atoms with van der Waals surface area (Å²) in [6.45, 7) is 1.79. The van der Waals surface area contributed by atoms with E-state index in [4.69, 9.17) is 9.47 Å². The Balaban J connectivity index is 1.93. The fraction of sp³-hybridized carbons (Fsp3) is 0.227. The smallest absolute Gasteiger partial charge is 0.258 e. The summed E-state index contributed by atoms with van der Waals surface area (Å²) >= 11 is 0. The van der Waals surface area contributed by atoms with Gasteiger partial charge >= 0.3 is 0 Å². The van der Waals surface area contributed by atoms with Crippen molar-refractivity contribution in [2.24, 2.45) is 0 Å². The van der Waals surface area contributed by atoms with Gasteiger partial charge in [0.2, 0.25) is 5.72 Å². The number of phenolic OH excluding ortho intramolecular Hbond substituents is 1. The standard InChI is InChI=1S/C22H19NO5/c1-12-10-13-6-7-15(25)20-18(13)17(11-12)28-22(20)19-14(4-3-5-16(19)27-2)21(26)23(22)8-9-24/h3-7,10-11,24-25H,8-9H2,1-2H3. The van der Waals surface area contributed by atoms with Crippen molar-refractivity contribution in [2.45, 2.75) is 12.6 Å². The van der Waals surface area contributed by atoms with E-state index in [1.165, 1.54) is 12.0 Å². The normalized spacial score (nSPS) is 19.4. The lowest BCUT2D eigenvalue weighted by molar-refractivity contribution is -0.0281. The van der Waals surface area contributed by atoms with Crippen LogP contribution in [0.25, 0.3) is 10.8 Å². The lowest BCUT2D eigenvalue weighted by Crippen LogP contribution is -2.48. The van der Waals surface area contributed by atoms with Crippen LogP contribution in [0.2, 0.25) is 0 Å². The summed E-state index contributed by atoms with van der Waals surface area (Å²) in [5.41, 5.74) is 1.11. The molecule has 2 aliphatic heterocycles. The van der Waals surface area contributed by atoms with E-state index in [1.807, 2.05) is 25.1 Å². The van der Waals surface area contributed by atoms with Crippen LogP contribution >= 0.6 is 0 Å². The maximum absolute atomic E-state index is 13.3. The number of ether oxygens (including phenoxy) is 2. The zero-order valence-corrected chi connectivity index (χ0v) is 15.5. The Labute approximate surface area is 161 Å². The number of β-amino-alcohol motifs (C(OH)–C–C–N with tert-alkyl or cyclic N) is 1. The van der Waals surface area contributed by atoms with Crippen molar-refractivity contribution in [3.63, 3.8) is 0 Å². The molecule has 3 aromatic rings. The number of carbonyl (C=O) groups is 1. The number of hydrogen-bond acceptors (Lipinski definition) is 5. The van der Waals surface area contributed by atoms with Gasteiger partial charge in [-0.1, -0.05) is 18.2 Å². The van der Waals surface area contributed by atoms with Gasteiger partial charge in [-0.05, 0) is 42.1 Å². The first-order chi connectivity index (χ1) is 13.5. The van der Waals surface area contributed by atoms with Crippen molar-refractivity contribution in [2.75, 3.05) is 20.3 Å². The number of phenols is 1. The molecule has 0 aliphatic carbocycles. The van der Waals surface area contributed by atoms with Gasteiger partial charge in [0.25, 0.3) is 5.91 Å². The Morgan fingerprint density at radius 3 is 2.75 bits per heavy atom. The molecule has 2 N–H and O–H groups in total. The molecule has 28 heavy (non-hydrogen) atoms. The first-order valence-corrected chi connectivity index (χ1v) is 9.09. The highest BCUT2D eigenvalue weighted by Crippen LogP contribution is 2.58. The van der Waals surface area contributed by atoms with Crippen molar-refractivity contribution in [3.05, 3.63) is 64.7 Å². The summed E-state index contributed by atoms with van der Waals surface area (Å²) in [5, 5.41) is 22.2. The minimum Gasteiger partial charge on any atom is -0.507 e. The molecule has 1 unspecified atom stereocenters. The SMILES string of the molecule is COc1cccc2c1C1(Oc3cc(C)cc4ccc(O)c1c34)N(CCO)C2=O. The molecule has 0 saturated carbocycles. The van der Waals surface area contributed by atoms with E-state index in [1.54, 1.807) is 24.3 Å². The fourth-order valence-electron chi connectivity index (χ4n) is 4.57. The number of aliphatic hydroxyl groups is 1. The van der Waals surface area contributed by atoms with Crippen LogP contribution in [-0.4, -0.2) is 41.3 Å². The zero-order chi connectivity index (χ0) is 19.6. The lowest BCUT2D eigenvalue weighted by Gasteiger charge is -2.36. The van der Waals surface area contributed by atoms with Gasteiger partial charge in [-0.2, -0.15) is 0 Å². The monoisotopic (exact) mass is 377 g/mol. The number of amides is 1. The zero-order valence-electron chi connectivity index (χ0n) is 15.5. The number of aliphatic hydroxyl groups excluding tert-OH is 1. The maximum Gasteiger partial charge on any atom is 0.258 e. The quantitative estimate of drug-likeness (QED) is 0.734. The molecule has 142 valence electrons. The molecular formula is C22H19NO5. The van der Waals surface area contributed by atoms with Crippen LogP contribution in [-0.2, 0) is 5.72 Å². The van der Waals surface area contributed by atoms with E-state index in [0.717, 1.165) is 16.3 Å². The van der Waals surface area contributed by atoms with Crippen molar-refractivity contribution in [1.29, 1.82) is 0 Å². The van der Waals surface area contributed by atoms with Gasteiger partial charge in [0.05, 0.1) is 30.4 Å². The second-order valence-corrected chi connectivity index (χ2v) is 7.13. The highest BCUT2D eigenvalue weighted by molar-refractivity contribution is 6.05. The molecule has 0 bridgehead atoms. The number of benzene rings is 3. The van der Waals surface area contributed by atoms with Crippen molar-refractivity contribution in [3.8, 4) is 17.2 Å². The molecule has 0 aromatic heterocycles. The Bertz CT molecular complexity index is 1160. The molecule has 1 atom stereocenters. The molecule has 2 aliphatic rings. The topological polar surface area (TPSA) is 79.2 Å². The van der Waals surface area contributed by atoms with Gasteiger partial charge in [-0.15, -0.1) is 0 Å². The second kappa shape index (κ2) is 5.62. The third-order valence-electron chi connectivity index (χ3n) is 5.56. The van der Waals surface area contributed by atoms with Gasteiger partial charge in [0.1, 0.15) is 17.2 Å².